The molecule has 2 aromatic rings. The highest BCUT2D eigenvalue weighted by atomic mass is 35.5. The average molecular weight is 445 g/mol. The van der Waals surface area contributed by atoms with Crippen molar-refractivity contribution in [3.8, 4) is 0 Å². The first-order valence-electron chi connectivity index (χ1n) is 10.1. The molecule has 0 spiro atoms. The van der Waals surface area contributed by atoms with Gasteiger partial charge in [-0.2, -0.15) is 0 Å². The van der Waals surface area contributed by atoms with E-state index in [9.17, 15) is 19.2 Å². The third kappa shape index (κ3) is 4.28. The summed E-state index contributed by atoms with van der Waals surface area (Å²) in [6.45, 7) is 0.869. The number of amides is 1. The molecule has 0 aliphatic heterocycles. The number of aromatic nitrogens is 1. The number of benzene rings is 1. The summed E-state index contributed by atoms with van der Waals surface area (Å²) in [7, 11) is 3.16. The molecule has 1 aliphatic carbocycles. The molecule has 1 aromatic carbocycles. The second-order valence-corrected chi connectivity index (χ2v) is 8.19. The molecular weight excluding hydrogens is 420 g/mol. The van der Waals surface area contributed by atoms with E-state index in [1.54, 1.807) is 38.4 Å². The van der Waals surface area contributed by atoms with Crippen LogP contribution in [-0.2, 0) is 26.9 Å². The quantitative estimate of drug-likeness (QED) is 0.502. The Kier molecular flexibility index (Phi) is 6.65. The molecule has 0 radical (unpaired) electrons. The van der Waals surface area contributed by atoms with E-state index in [-0.39, 0.29) is 17.3 Å². The van der Waals surface area contributed by atoms with Crippen LogP contribution in [0.25, 0.3) is 0 Å². The molecular formula is C23H25ClN2O5. The number of aryl methyl sites for hydroxylation is 1. The van der Waals surface area contributed by atoms with Crippen molar-refractivity contribution in [1.82, 2.24) is 9.47 Å². The van der Waals surface area contributed by atoms with Crippen LogP contribution in [0.3, 0.4) is 0 Å². The van der Waals surface area contributed by atoms with Gasteiger partial charge in [0, 0.05) is 42.9 Å². The lowest BCUT2D eigenvalue weighted by Crippen LogP contribution is -2.55. The molecule has 1 aliphatic rings. The van der Waals surface area contributed by atoms with Crippen molar-refractivity contribution in [2.75, 3.05) is 13.7 Å². The highest BCUT2D eigenvalue weighted by molar-refractivity contribution is 6.31. The van der Waals surface area contributed by atoms with E-state index in [0.29, 0.717) is 29.0 Å². The lowest BCUT2D eigenvalue weighted by atomic mass is 9.74. The SMILES string of the molecule is CC(=O)c1cc(C(=O)OCC(=O)N(C)C2(c3ccccc3Cl)CCCCC2=O)n(C)c1. The molecule has 1 fully saturated rings. The second-order valence-electron chi connectivity index (χ2n) is 7.78. The van der Waals surface area contributed by atoms with Gasteiger partial charge in [0.15, 0.2) is 18.2 Å². The number of hydrogen-bond donors (Lipinski definition) is 0. The van der Waals surface area contributed by atoms with E-state index in [2.05, 4.69) is 0 Å². The first-order valence-corrected chi connectivity index (χ1v) is 10.5. The Balaban J connectivity index is 1.81. The van der Waals surface area contributed by atoms with Crippen molar-refractivity contribution in [2.24, 2.45) is 7.05 Å². The van der Waals surface area contributed by atoms with Gasteiger partial charge in [0.1, 0.15) is 11.2 Å². The topological polar surface area (TPSA) is 85.7 Å². The zero-order valence-electron chi connectivity index (χ0n) is 17.8. The monoisotopic (exact) mass is 444 g/mol. The number of ketones is 2. The minimum absolute atomic E-state index is 0.0810. The standard InChI is InChI=1S/C23H25ClN2O5/c1-15(27)16-12-19(25(2)13-16)22(30)31-14-21(29)26(3)23(11-7-6-10-20(23)28)17-8-4-5-9-18(17)24/h4-5,8-9,12-13H,6-7,10-11,14H2,1-3H3. The second kappa shape index (κ2) is 9.06. The number of halogens is 1. The van der Waals surface area contributed by atoms with Gasteiger partial charge in [0.2, 0.25) is 0 Å². The van der Waals surface area contributed by atoms with Gasteiger partial charge in [-0.25, -0.2) is 4.79 Å². The van der Waals surface area contributed by atoms with E-state index >= 15 is 0 Å². The fourth-order valence-electron chi connectivity index (χ4n) is 4.10. The van der Waals surface area contributed by atoms with E-state index < -0.39 is 24.0 Å². The molecule has 1 saturated carbocycles. The lowest BCUT2D eigenvalue weighted by molar-refractivity contribution is -0.150. The van der Waals surface area contributed by atoms with Gasteiger partial charge in [0.25, 0.3) is 5.91 Å². The van der Waals surface area contributed by atoms with Crippen molar-refractivity contribution in [3.05, 3.63) is 58.4 Å². The Morgan fingerprint density at radius 3 is 2.55 bits per heavy atom. The normalized spacial score (nSPS) is 18.5. The number of Topliss-reactive ketones (excluding diaryl/α,β-unsaturated/α-hetero) is 2. The molecule has 1 unspecified atom stereocenters. The summed E-state index contributed by atoms with van der Waals surface area (Å²) < 4.78 is 6.69. The van der Waals surface area contributed by atoms with Crippen molar-refractivity contribution in [3.63, 3.8) is 0 Å². The predicted octanol–water partition coefficient (Wildman–Crippen LogP) is 3.53. The van der Waals surface area contributed by atoms with Crippen LogP contribution in [-0.4, -0.2) is 46.6 Å². The number of likely N-dealkylation sites (N-methyl/N-ethyl adjacent to an activating group) is 1. The molecule has 7 nitrogen and oxygen atoms in total. The van der Waals surface area contributed by atoms with Crippen LogP contribution in [0.15, 0.2) is 36.5 Å². The zero-order valence-corrected chi connectivity index (χ0v) is 18.6. The number of nitrogens with zero attached hydrogens (tertiary/aromatic N) is 2. The van der Waals surface area contributed by atoms with E-state index in [4.69, 9.17) is 16.3 Å². The van der Waals surface area contributed by atoms with Crippen LogP contribution in [0, 0.1) is 0 Å². The molecule has 31 heavy (non-hydrogen) atoms. The van der Waals surface area contributed by atoms with Gasteiger partial charge in [-0.3, -0.25) is 14.4 Å². The summed E-state index contributed by atoms with van der Waals surface area (Å²) in [5.74, 6) is -1.49. The fraction of sp³-hybridized carbons (Fsp3) is 0.391. The van der Waals surface area contributed by atoms with Gasteiger partial charge in [-0.05, 0) is 38.3 Å². The summed E-state index contributed by atoms with van der Waals surface area (Å²) in [6.07, 6.45) is 3.85. The molecule has 0 bridgehead atoms. The third-order valence-corrected chi connectivity index (χ3v) is 6.20. The Labute approximate surface area is 185 Å². The van der Waals surface area contributed by atoms with Gasteiger partial charge in [0.05, 0.1) is 0 Å². The minimum Gasteiger partial charge on any atom is -0.451 e. The zero-order chi connectivity index (χ0) is 22.8. The molecule has 0 saturated heterocycles. The van der Waals surface area contributed by atoms with E-state index in [0.717, 1.165) is 12.8 Å². The van der Waals surface area contributed by atoms with Gasteiger partial charge in [-0.1, -0.05) is 29.8 Å². The molecule has 1 atom stereocenters. The Hall–Kier alpha value is -2.93. The number of carbonyl (C=O) groups excluding carboxylic acids is 4. The maximum Gasteiger partial charge on any atom is 0.355 e. The number of rotatable bonds is 6. The van der Waals surface area contributed by atoms with Gasteiger partial charge >= 0.3 is 5.97 Å². The minimum atomic E-state index is -1.19. The fourth-order valence-corrected chi connectivity index (χ4v) is 4.39. The number of esters is 1. The van der Waals surface area contributed by atoms with Gasteiger partial charge in [-0.15, -0.1) is 0 Å². The Bertz CT molecular complexity index is 1040. The summed E-state index contributed by atoms with van der Waals surface area (Å²) in [5.41, 5.74) is -0.0667. The predicted molar refractivity (Wildman–Crippen MR) is 115 cm³/mol. The van der Waals surface area contributed by atoms with E-state index in [1.807, 2.05) is 0 Å². The smallest absolute Gasteiger partial charge is 0.355 e. The Morgan fingerprint density at radius 1 is 1.23 bits per heavy atom. The summed E-state index contributed by atoms with van der Waals surface area (Å²) in [5, 5.41) is 0.412. The van der Waals surface area contributed by atoms with Crippen molar-refractivity contribution >= 4 is 35.0 Å². The molecule has 1 heterocycles. The van der Waals surface area contributed by atoms with Crippen molar-refractivity contribution < 1.29 is 23.9 Å². The van der Waals surface area contributed by atoms with Gasteiger partial charge < -0.3 is 14.2 Å². The summed E-state index contributed by atoms with van der Waals surface area (Å²) >= 11 is 6.41. The number of carbonyl (C=O) groups is 4. The van der Waals surface area contributed by atoms with Crippen LogP contribution in [0.2, 0.25) is 5.02 Å². The van der Waals surface area contributed by atoms with Crippen LogP contribution in [0.4, 0.5) is 0 Å². The van der Waals surface area contributed by atoms with Crippen molar-refractivity contribution in [2.45, 2.75) is 38.1 Å². The molecule has 8 heteroatoms. The largest absolute Gasteiger partial charge is 0.451 e. The molecule has 1 aromatic heterocycles. The third-order valence-electron chi connectivity index (χ3n) is 5.87. The number of ether oxygens (including phenoxy) is 1. The van der Waals surface area contributed by atoms with Crippen molar-refractivity contribution in [1.29, 1.82) is 0 Å². The molecule has 0 N–H and O–H groups in total. The molecule has 164 valence electrons. The maximum absolute atomic E-state index is 13.1. The number of hydrogen-bond acceptors (Lipinski definition) is 5. The first-order chi connectivity index (χ1) is 14.7. The first kappa shape index (κ1) is 22.7. The summed E-state index contributed by atoms with van der Waals surface area (Å²) in [4.78, 5) is 51.4. The highest BCUT2D eigenvalue weighted by Gasteiger charge is 2.48. The highest BCUT2D eigenvalue weighted by Crippen LogP contribution is 2.42. The molecule has 1 amide bonds. The van der Waals surface area contributed by atoms with Crippen LogP contribution >= 0.6 is 11.6 Å². The van der Waals surface area contributed by atoms with Crippen LogP contribution in [0.1, 0.15) is 59.0 Å². The van der Waals surface area contributed by atoms with Crippen LogP contribution in [0.5, 0.6) is 0 Å². The maximum atomic E-state index is 13.1. The Morgan fingerprint density at radius 2 is 1.94 bits per heavy atom. The molecule has 3 rings (SSSR count). The average Bonchev–Trinajstić information content (AvgIpc) is 3.14. The van der Waals surface area contributed by atoms with Crippen LogP contribution < -0.4 is 0 Å². The lowest BCUT2D eigenvalue weighted by Gasteiger charge is -2.43. The summed E-state index contributed by atoms with van der Waals surface area (Å²) in [6, 6.07) is 8.43. The van der Waals surface area contributed by atoms with E-state index in [1.165, 1.54) is 28.7 Å².